The zero-order valence-electron chi connectivity index (χ0n) is 10.3. The summed E-state index contributed by atoms with van der Waals surface area (Å²) in [6, 6.07) is -0.195. The molecule has 0 saturated carbocycles. The van der Waals surface area contributed by atoms with Crippen molar-refractivity contribution in [3.63, 3.8) is 0 Å². The van der Waals surface area contributed by atoms with E-state index >= 15 is 0 Å². The number of hydrogen-bond acceptors (Lipinski definition) is 5. The lowest BCUT2D eigenvalue weighted by Gasteiger charge is -2.11. The molecular weight excluding hydrogens is 295 g/mol. The molecule has 0 radical (unpaired) electrons. The summed E-state index contributed by atoms with van der Waals surface area (Å²) < 4.78 is 37.5. The molecule has 0 amide bonds. The van der Waals surface area contributed by atoms with Gasteiger partial charge in [-0.3, -0.25) is 0 Å². The second-order valence-corrected chi connectivity index (χ2v) is 6.00. The number of likely N-dealkylation sites (N-methyl/N-ethyl adjacent to an activating group) is 1. The third-order valence-corrected chi connectivity index (χ3v) is 4.65. The molecule has 0 aliphatic carbocycles. The summed E-state index contributed by atoms with van der Waals surface area (Å²) in [5.41, 5.74) is 0.926. The van der Waals surface area contributed by atoms with Gasteiger partial charge in [-0.2, -0.15) is 13.2 Å². The van der Waals surface area contributed by atoms with Crippen molar-refractivity contribution in [1.29, 1.82) is 0 Å². The van der Waals surface area contributed by atoms with Crippen LogP contribution in [0.2, 0.25) is 0 Å². The molecule has 19 heavy (non-hydrogen) atoms. The summed E-state index contributed by atoms with van der Waals surface area (Å²) in [4.78, 5) is 8.33. The molecule has 1 N–H and O–H groups in total. The predicted molar refractivity (Wildman–Crippen MR) is 69.5 cm³/mol. The molecule has 0 aromatic carbocycles. The lowest BCUT2D eigenvalue weighted by Crippen LogP contribution is -2.17. The van der Waals surface area contributed by atoms with E-state index in [-0.39, 0.29) is 6.04 Å². The van der Waals surface area contributed by atoms with E-state index in [2.05, 4.69) is 15.3 Å². The van der Waals surface area contributed by atoms with Crippen LogP contribution in [0.3, 0.4) is 0 Å². The Balaban J connectivity index is 2.15. The Morgan fingerprint density at radius 3 is 2.63 bits per heavy atom. The van der Waals surface area contributed by atoms with Crippen LogP contribution in [0, 0.1) is 6.92 Å². The van der Waals surface area contributed by atoms with Crippen LogP contribution in [0.25, 0.3) is 0 Å². The van der Waals surface area contributed by atoms with Gasteiger partial charge in [-0.1, -0.05) is 0 Å². The summed E-state index contributed by atoms with van der Waals surface area (Å²) in [6.07, 6.45) is -2.53. The Morgan fingerprint density at radius 2 is 2.16 bits per heavy atom. The van der Waals surface area contributed by atoms with Crippen LogP contribution < -0.4 is 5.32 Å². The quantitative estimate of drug-likeness (QED) is 0.940. The van der Waals surface area contributed by atoms with E-state index < -0.39 is 11.2 Å². The van der Waals surface area contributed by atoms with Crippen molar-refractivity contribution in [3.8, 4) is 0 Å². The fraction of sp³-hybridized carbons (Fsp3) is 0.455. The molecular formula is C11H12F3N3S2. The Morgan fingerprint density at radius 1 is 1.42 bits per heavy atom. The topological polar surface area (TPSA) is 37.8 Å². The second-order valence-electron chi connectivity index (χ2n) is 3.99. The molecule has 2 aromatic rings. The number of nitrogens with one attached hydrogen (secondary N) is 1. The molecule has 1 unspecified atom stereocenters. The molecule has 0 saturated heterocycles. The first kappa shape index (κ1) is 14.4. The van der Waals surface area contributed by atoms with Crippen LogP contribution in [0.1, 0.15) is 26.6 Å². The van der Waals surface area contributed by atoms with Gasteiger partial charge in [0, 0.05) is 34.6 Å². The predicted octanol–water partition coefficient (Wildman–Crippen LogP) is 3.43. The Labute approximate surface area is 116 Å². The van der Waals surface area contributed by atoms with E-state index in [0.29, 0.717) is 22.6 Å². The largest absolute Gasteiger partial charge is 0.443 e. The number of halogens is 3. The fourth-order valence-corrected chi connectivity index (χ4v) is 3.31. The molecule has 104 valence electrons. The zero-order valence-corrected chi connectivity index (χ0v) is 11.9. The van der Waals surface area contributed by atoms with Gasteiger partial charge in [0.2, 0.25) is 0 Å². The van der Waals surface area contributed by atoms with E-state index in [9.17, 15) is 13.2 Å². The molecule has 0 spiro atoms. The average molecular weight is 307 g/mol. The summed E-state index contributed by atoms with van der Waals surface area (Å²) in [6.45, 7) is 1.89. The number of nitrogens with zero attached hydrogens (tertiary/aromatic N) is 2. The summed E-state index contributed by atoms with van der Waals surface area (Å²) in [5, 5.41) is 5.03. The van der Waals surface area contributed by atoms with Crippen molar-refractivity contribution < 1.29 is 13.2 Å². The minimum absolute atomic E-state index is 0.195. The van der Waals surface area contributed by atoms with Gasteiger partial charge in [-0.05, 0) is 14.0 Å². The number of aromatic nitrogens is 2. The van der Waals surface area contributed by atoms with E-state index in [1.54, 1.807) is 7.05 Å². The van der Waals surface area contributed by atoms with E-state index in [0.717, 1.165) is 10.7 Å². The fourth-order valence-electron chi connectivity index (χ4n) is 1.59. The summed E-state index contributed by atoms with van der Waals surface area (Å²) in [7, 11) is 1.72. The lowest BCUT2D eigenvalue weighted by molar-refractivity contribution is -0.137. The number of alkyl halides is 3. The highest BCUT2D eigenvalue weighted by atomic mass is 32.1. The van der Waals surface area contributed by atoms with E-state index in [1.807, 2.05) is 12.3 Å². The molecule has 1 atom stereocenters. The monoisotopic (exact) mass is 307 g/mol. The highest BCUT2D eigenvalue weighted by Gasteiger charge is 2.35. The third-order valence-electron chi connectivity index (χ3n) is 2.50. The molecule has 0 bridgehead atoms. The second kappa shape index (κ2) is 5.56. The van der Waals surface area contributed by atoms with Gasteiger partial charge in [0.1, 0.15) is 0 Å². The van der Waals surface area contributed by atoms with Crippen molar-refractivity contribution in [2.75, 3.05) is 7.05 Å². The van der Waals surface area contributed by atoms with Gasteiger partial charge >= 0.3 is 6.18 Å². The van der Waals surface area contributed by atoms with Gasteiger partial charge in [0.25, 0.3) is 0 Å². The van der Waals surface area contributed by atoms with E-state index in [1.165, 1.54) is 17.5 Å². The first-order chi connectivity index (χ1) is 8.90. The summed E-state index contributed by atoms with van der Waals surface area (Å²) in [5.74, 6) is 0. The van der Waals surface area contributed by atoms with Gasteiger partial charge in [0.15, 0.2) is 5.01 Å². The SMILES string of the molecule is CNC(Cc1nc(C)cs1)c1cnc(C(F)(F)F)s1. The normalized spacial score (nSPS) is 13.7. The van der Waals surface area contributed by atoms with Crippen molar-refractivity contribution in [3.05, 3.63) is 32.2 Å². The molecule has 0 aliphatic rings. The van der Waals surface area contributed by atoms with Gasteiger partial charge in [-0.25, -0.2) is 9.97 Å². The number of hydrogen-bond donors (Lipinski definition) is 1. The first-order valence-electron chi connectivity index (χ1n) is 5.51. The highest BCUT2D eigenvalue weighted by Crippen LogP contribution is 2.35. The van der Waals surface area contributed by atoms with Crippen LogP contribution >= 0.6 is 22.7 Å². The average Bonchev–Trinajstić information content (AvgIpc) is 2.94. The van der Waals surface area contributed by atoms with E-state index in [4.69, 9.17) is 0 Å². The van der Waals surface area contributed by atoms with Crippen LogP contribution in [0.4, 0.5) is 13.2 Å². The Bertz CT molecular complexity index is 547. The molecule has 2 heterocycles. The Hall–Kier alpha value is -0.990. The van der Waals surface area contributed by atoms with Gasteiger partial charge in [0.05, 0.1) is 5.01 Å². The minimum Gasteiger partial charge on any atom is -0.312 e. The van der Waals surface area contributed by atoms with Crippen molar-refractivity contribution >= 4 is 22.7 Å². The molecule has 3 nitrogen and oxygen atoms in total. The Kier molecular flexibility index (Phi) is 4.22. The first-order valence-corrected chi connectivity index (χ1v) is 7.21. The lowest BCUT2D eigenvalue weighted by atomic mass is 10.2. The molecule has 0 fully saturated rings. The van der Waals surface area contributed by atoms with Gasteiger partial charge in [-0.15, -0.1) is 22.7 Å². The third kappa shape index (κ3) is 3.52. The van der Waals surface area contributed by atoms with Crippen molar-refractivity contribution in [2.45, 2.75) is 25.6 Å². The molecule has 0 aliphatic heterocycles. The number of aryl methyl sites for hydroxylation is 1. The smallest absolute Gasteiger partial charge is 0.312 e. The minimum atomic E-state index is -4.38. The standard InChI is InChI=1S/C11H12F3N3S2/c1-6-5-18-9(17-6)3-7(15-2)8-4-16-10(19-8)11(12,13)14/h4-5,7,15H,3H2,1-2H3. The van der Waals surface area contributed by atoms with Crippen molar-refractivity contribution in [2.24, 2.45) is 0 Å². The van der Waals surface area contributed by atoms with Crippen LogP contribution in [0.15, 0.2) is 11.6 Å². The molecule has 8 heteroatoms. The van der Waals surface area contributed by atoms with Crippen LogP contribution in [0.5, 0.6) is 0 Å². The number of thiazole rings is 2. The van der Waals surface area contributed by atoms with Crippen LogP contribution in [-0.4, -0.2) is 17.0 Å². The maximum Gasteiger partial charge on any atom is 0.443 e. The number of rotatable bonds is 4. The maximum atomic E-state index is 12.5. The van der Waals surface area contributed by atoms with Gasteiger partial charge < -0.3 is 5.32 Å². The molecule has 2 rings (SSSR count). The maximum absolute atomic E-state index is 12.5. The molecule has 2 aromatic heterocycles. The van der Waals surface area contributed by atoms with Crippen molar-refractivity contribution in [1.82, 2.24) is 15.3 Å². The van der Waals surface area contributed by atoms with Crippen LogP contribution in [-0.2, 0) is 12.6 Å². The summed E-state index contributed by atoms with van der Waals surface area (Å²) >= 11 is 2.19. The zero-order chi connectivity index (χ0) is 14.0. The highest BCUT2D eigenvalue weighted by molar-refractivity contribution is 7.11.